The smallest absolute Gasteiger partial charge is 0.312 e. The molecular formula is C14H20FN3O2. The van der Waals surface area contributed by atoms with Crippen molar-refractivity contribution in [2.45, 2.75) is 33.2 Å². The predicted octanol–water partition coefficient (Wildman–Crippen LogP) is 2.16. The van der Waals surface area contributed by atoms with Gasteiger partial charge >= 0.3 is 6.03 Å². The van der Waals surface area contributed by atoms with Crippen molar-refractivity contribution < 1.29 is 14.0 Å². The van der Waals surface area contributed by atoms with Crippen LogP contribution in [0.2, 0.25) is 0 Å². The van der Waals surface area contributed by atoms with Gasteiger partial charge in [-0.3, -0.25) is 4.79 Å². The molecular weight excluding hydrogens is 261 g/mol. The fourth-order valence-electron chi connectivity index (χ4n) is 1.79. The summed E-state index contributed by atoms with van der Waals surface area (Å²) in [5.41, 5.74) is 6.20. The van der Waals surface area contributed by atoms with Crippen LogP contribution in [-0.4, -0.2) is 18.0 Å². The first-order chi connectivity index (χ1) is 9.35. The van der Waals surface area contributed by atoms with Crippen molar-refractivity contribution in [1.29, 1.82) is 0 Å². The predicted molar refractivity (Wildman–Crippen MR) is 75.7 cm³/mol. The minimum atomic E-state index is -0.763. The molecule has 1 rings (SSSR count). The Morgan fingerprint density at radius 1 is 1.40 bits per heavy atom. The van der Waals surface area contributed by atoms with Gasteiger partial charge in [-0.1, -0.05) is 26.3 Å². The second kappa shape index (κ2) is 6.88. The molecule has 1 aromatic carbocycles. The number of aryl methyl sites for hydroxylation is 1. The van der Waals surface area contributed by atoms with E-state index in [1.54, 1.807) is 13.0 Å². The lowest BCUT2D eigenvalue weighted by atomic mass is 9.98. The van der Waals surface area contributed by atoms with Crippen LogP contribution >= 0.6 is 0 Å². The van der Waals surface area contributed by atoms with Gasteiger partial charge in [-0.05, 0) is 30.5 Å². The number of hydrogen-bond donors (Lipinski definition) is 3. The van der Waals surface area contributed by atoms with Crippen molar-refractivity contribution >= 4 is 17.6 Å². The van der Waals surface area contributed by atoms with Crippen LogP contribution in [0.15, 0.2) is 18.2 Å². The van der Waals surface area contributed by atoms with Gasteiger partial charge in [0, 0.05) is 5.69 Å². The van der Waals surface area contributed by atoms with E-state index < -0.39 is 23.8 Å². The molecule has 0 unspecified atom stereocenters. The van der Waals surface area contributed by atoms with Gasteiger partial charge < -0.3 is 16.4 Å². The Morgan fingerprint density at radius 3 is 2.60 bits per heavy atom. The van der Waals surface area contributed by atoms with E-state index in [0.29, 0.717) is 12.1 Å². The quantitative estimate of drug-likeness (QED) is 0.772. The lowest BCUT2D eigenvalue weighted by molar-refractivity contribution is -0.119. The summed E-state index contributed by atoms with van der Waals surface area (Å²) in [4.78, 5) is 23.2. The van der Waals surface area contributed by atoms with E-state index in [9.17, 15) is 14.0 Å². The molecule has 0 aliphatic rings. The summed E-state index contributed by atoms with van der Waals surface area (Å²) in [5.74, 6) is -0.933. The van der Waals surface area contributed by atoms with Gasteiger partial charge in [-0.25, -0.2) is 9.18 Å². The number of halogens is 1. The molecule has 0 aromatic heterocycles. The average Bonchev–Trinajstić information content (AvgIpc) is 2.39. The molecule has 0 fully saturated rings. The van der Waals surface area contributed by atoms with Crippen LogP contribution in [0.25, 0.3) is 0 Å². The van der Waals surface area contributed by atoms with E-state index in [4.69, 9.17) is 5.73 Å². The molecule has 4 N–H and O–H groups in total. The van der Waals surface area contributed by atoms with E-state index in [1.807, 2.05) is 13.8 Å². The monoisotopic (exact) mass is 281 g/mol. The van der Waals surface area contributed by atoms with Gasteiger partial charge in [0.2, 0.25) is 5.91 Å². The molecule has 1 aromatic rings. The Balaban J connectivity index is 2.90. The third-order valence-corrected chi connectivity index (χ3v) is 3.25. The SMILES string of the molecule is CC[C@H](C)[C@H](NC(N)=O)C(=O)Nc1cc(F)ccc1C. The van der Waals surface area contributed by atoms with Gasteiger partial charge in [-0.2, -0.15) is 0 Å². The van der Waals surface area contributed by atoms with E-state index in [2.05, 4.69) is 10.6 Å². The summed E-state index contributed by atoms with van der Waals surface area (Å²) in [7, 11) is 0. The van der Waals surface area contributed by atoms with Crippen molar-refractivity contribution in [2.24, 2.45) is 11.7 Å². The van der Waals surface area contributed by atoms with Crippen LogP contribution < -0.4 is 16.4 Å². The summed E-state index contributed by atoms with van der Waals surface area (Å²) in [6, 6.07) is 2.62. The number of carbonyl (C=O) groups is 2. The third kappa shape index (κ3) is 4.22. The largest absolute Gasteiger partial charge is 0.352 e. The molecule has 0 bridgehead atoms. The summed E-state index contributed by atoms with van der Waals surface area (Å²) >= 11 is 0. The molecule has 0 spiro atoms. The van der Waals surface area contributed by atoms with Gasteiger partial charge in [-0.15, -0.1) is 0 Å². The highest BCUT2D eigenvalue weighted by molar-refractivity contribution is 5.97. The number of rotatable bonds is 5. The molecule has 0 radical (unpaired) electrons. The Bertz CT molecular complexity index is 505. The van der Waals surface area contributed by atoms with E-state index in [-0.39, 0.29) is 5.92 Å². The maximum Gasteiger partial charge on any atom is 0.312 e. The van der Waals surface area contributed by atoms with Gasteiger partial charge in [0.15, 0.2) is 0 Å². The maximum absolute atomic E-state index is 13.2. The first kappa shape index (κ1) is 15.9. The average molecular weight is 281 g/mol. The van der Waals surface area contributed by atoms with Crippen LogP contribution in [-0.2, 0) is 4.79 Å². The minimum Gasteiger partial charge on any atom is -0.352 e. The van der Waals surface area contributed by atoms with Crippen LogP contribution in [0, 0.1) is 18.7 Å². The molecule has 5 nitrogen and oxygen atoms in total. The summed E-state index contributed by atoms with van der Waals surface area (Å²) in [5, 5.41) is 5.04. The second-order valence-corrected chi connectivity index (χ2v) is 4.82. The van der Waals surface area contributed by atoms with Gasteiger partial charge in [0.1, 0.15) is 11.9 Å². The molecule has 20 heavy (non-hydrogen) atoms. The van der Waals surface area contributed by atoms with Crippen LogP contribution in [0.5, 0.6) is 0 Å². The second-order valence-electron chi connectivity index (χ2n) is 4.82. The normalized spacial score (nSPS) is 13.4. The molecule has 0 saturated heterocycles. The van der Waals surface area contributed by atoms with Crippen LogP contribution in [0.1, 0.15) is 25.8 Å². The van der Waals surface area contributed by atoms with Crippen molar-refractivity contribution in [2.75, 3.05) is 5.32 Å². The van der Waals surface area contributed by atoms with E-state index in [0.717, 1.165) is 5.56 Å². The molecule has 0 aliphatic carbocycles. The standard InChI is InChI=1S/C14H20FN3O2/c1-4-8(2)12(18-14(16)20)13(19)17-11-7-10(15)6-5-9(11)3/h5-8,12H,4H2,1-3H3,(H,17,19)(H3,16,18,20)/t8-,12-/m0/s1. The highest BCUT2D eigenvalue weighted by Crippen LogP contribution is 2.17. The number of hydrogen-bond acceptors (Lipinski definition) is 2. The Morgan fingerprint density at radius 2 is 2.05 bits per heavy atom. The molecule has 0 heterocycles. The fraction of sp³-hybridized carbons (Fsp3) is 0.429. The van der Waals surface area contributed by atoms with Crippen molar-refractivity contribution in [3.8, 4) is 0 Å². The van der Waals surface area contributed by atoms with E-state index in [1.165, 1.54) is 12.1 Å². The number of amides is 3. The molecule has 3 amide bonds. The Kier molecular flexibility index (Phi) is 5.49. The Hall–Kier alpha value is -2.11. The Labute approximate surface area is 117 Å². The van der Waals surface area contributed by atoms with Crippen LogP contribution in [0.4, 0.5) is 14.9 Å². The fourth-order valence-corrected chi connectivity index (χ4v) is 1.79. The molecule has 0 aliphatic heterocycles. The zero-order chi connectivity index (χ0) is 15.3. The number of nitrogens with one attached hydrogen (secondary N) is 2. The number of primary amides is 1. The van der Waals surface area contributed by atoms with Crippen LogP contribution in [0.3, 0.4) is 0 Å². The third-order valence-electron chi connectivity index (χ3n) is 3.25. The number of anilines is 1. The number of urea groups is 1. The number of carbonyl (C=O) groups excluding carboxylic acids is 2. The lowest BCUT2D eigenvalue weighted by Gasteiger charge is -2.23. The first-order valence-corrected chi connectivity index (χ1v) is 6.48. The zero-order valence-corrected chi connectivity index (χ0v) is 11.9. The zero-order valence-electron chi connectivity index (χ0n) is 11.9. The van der Waals surface area contributed by atoms with Crippen molar-refractivity contribution in [1.82, 2.24) is 5.32 Å². The lowest BCUT2D eigenvalue weighted by Crippen LogP contribution is -2.49. The summed E-state index contributed by atoms with van der Waals surface area (Å²) < 4.78 is 13.2. The molecule has 2 atom stereocenters. The van der Waals surface area contributed by atoms with Gasteiger partial charge in [0.25, 0.3) is 0 Å². The molecule has 6 heteroatoms. The number of nitrogens with two attached hydrogens (primary N) is 1. The van der Waals surface area contributed by atoms with E-state index >= 15 is 0 Å². The maximum atomic E-state index is 13.2. The van der Waals surface area contributed by atoms with Crippen molar-refractivity contribution in [3.63, 3.8) is 0 Å². The molecule has 110 valence electrons. The minimum absolute atomic E-state index is 0.0867. The summed E-state index contributed by atoms with van der Waals surface area (Å²) in [6.07, 6.45) is 0.695. The highest BCUT2D eigenvalue weighted by atomic mass is 19.1. The topological polar surface area (TPSA) is 84.2 Å². The highest BCUT2D eigenvalue weighted by Gasteiger charge is 2.25. The summed E-state index contributed by atoms with van der Waals surface area (Å²) in [6.45, 7) is 5.49. The van der Waals surface area contributed by atoms with Crippen molar-refractivity contribution in [3.05, 3.63) is 29.6 Å². The first-order valence-electron chi connectivity index (χ1n) is 6.48. The van der Waals surface area contributed by atoms with Gasteiger partial charge in [0.05, 0.1) is 0 Å². The number of benzene rings is 1. The molecule has 0 saturated carbocycles.